The molecule has 0 saturated carbocycles. The summed E-state index contributed by atoms with van der Waals surface area (Å²) in [5, 5.41) is 0. The third-order valence-corrected chi connectivity index (χ3v) is 3.23. The minimum atomic E-state index is 1.14. The Hall–Kier alpha value is -1.04. The van der Waals surface area contributed by atoms with Gasteiger partial charge in [-0.2, -0.15) is 0 Å². The van der Waals surface area contributed by atoms with Gasteiger partial charge in [-0.1, -0.05) is 37.6 Å². The van der Waals surface area contributed by atoms with E-state index < -0.39 is 0 Å². The van der Waals surface area contributed by atoms with Gasteiger partial charge in [-0.25, -0.2) is 0 Å². The Bertz CT molecular complexity index is 383. The SMILES string of the molecule is CCC1=C(C)Cc2ccc(CC)cc21. The summed E-state index contributed by atoms with van der Waals surface area (Å²) in [4.78, 5) is 0. The second kappa shape index (κ2) is 3.61. The van der Waals surface area contributed by atoms with Gasteiger partial charge in [0.25, 0.3) is 0 Å². The largest absolute Gasteiger partial charge is 0.0651 e. The predicted octanol–water partition coefficient (Wildman–Crippen LogP) is 3.99. The number of rotatable bonds is 2. The lowest BCUT2D eigenvalue weighted by atomic mass is 10.00. The maximum atomic E-state index is 2.38. The summed E-state index contributed by atoms with van der Waals surface area (Å²) >= 11 is 0. The normalized spacial score (nSPS) is 14.8. The first-order chi connectivity index (χ1) is 6.76. The molecule has 0 aromatic heterocycles. The Balaban J connectivity index is 2.49. The van der Waals surface area contributed by atoms with Crippen LogP contribution in [0.3, 0.4) is 0 Å². The van der Waals surface area contributed by atoms with Crippen LogP contribution in [0.4, 0.5) is 0 Å². The molecule has 0 nitrogen and oxygen atoms in total. The van der Waals surface area contributed by atoms with Crippen LogP contribution in [-0.2, 0) is 12.8 Å². The first-order valence-corrected chi connectivity index (χ1v) is 5.57. The molecule has 0 spiro atoms. The van der Waals surface area contributed by atoms with Crippen LogP contribution in [0, 0.1) is 0 Å². The van der Waals surface area contributed by atoms with E-state index in [-0.39, 0.29) is 0 Å². The molecule has 0 aliphatic heterocycles. The molecule has 14 heavy (non-hydrogen) atoms. The zero-order valence-electron chi connectivity index (χ0n) is 9.35. The molecule has 1 aliphatic carbocycles. The molecule has 2 rings (SSSR count). The highest BCUT2D eigenvalue weighted by molar-refractivity contribution is 5.76. The van der Waals surface area contributed by atoms with Crippen LogP contribution in [0.5, 0.6) is 0 Å². The molecule has 0 unspecified atom stereocenters. The highest BCUT2D eigenvalue weighted by Gasteiger charge is 2.16. The Morgan fingerprint density at radius 2 is 1.93 bits per heavy atom. The lowest BCUT2D eigenvalue weighted by Crippen LogP contribution is -1.87. The van der Waals surface area contributed by atoms with Crippen molar-refractivity contribution in [1.29, 1.82) is 0 Å². The third-order valence-electron chi connectivity index (χ3n) is 3.23. The van der Waals surface area contributed by atoms with Gasteiger partial charge in [0.15, 0.2) is 0 Å². The molecule has 1 aromatic rings. The molecular formula is C14H18. The Morgan fingerprint density at radius 1 is 1.14 bits per heavy atom. The van der Waals surface area contributed by atoms with Crippen molar-refractivity contribution >= 4 is 5.57 Å². The van der Waals surface area contributed by atoms with Gasteiger partial charge in [0.05, 0.1) is 0 Å². The van der Waals surface area contributed by atoms with Crippen molar-refractivity contribution in [2.75, 3.05) is 0 Å². The molecule has 0 saturated heterocycles. The molecule has 0 bridgehead atoms. The lowest BCUT2D eigenvalue weighted by Gasteiger charge is -2.05. The summed E-state index contributed by atoms with van der Waals surface area (Å²) < 4.78 is 0. The Kier molecular flexibility index (Phi) is 2.45. The minimum absolute atomic E-state index is 1.14. The van der Waals surface area contributed by atoms with E-state index in [1.54, 1.807) is 11.1 Å². The smallest absolute Gasteiger partial charge is 0.00578 e. The molecular weight excluding hydrogens is 168 g/mol. The van der Waals surface area contributed by atoms with Gasteiger partial charge in [0.1, 0.15) is 0 Å². The van der Waals surface area contributed by atoms with E-state index in [0.717, 1.165) is 6.42 Å². The van der Waals surface area contributed by atoms with Crippen molar-refractivity contribution in [3.8, 4) is 0 Å². The van der Waals surface area contributed by atoms with Crippen molar-refractivity contribution in [3.63, 3.8) is 0 Å². The van der Waals surface area contributed by atoms with Gasteiger partial charge in [0, 0.05) is 0 Å². The van der Waals surface area contributed by atoms with Gasteiger partial charge < -0.3 is 0 Å². The zero-order valence-corrected chi connectivity index (χ0v) is 9.35. The molecule has 0 fully saturated rings. The average molecular weight is 186 g/mol. The standard InChI is InChI=1S/C14H18/c1-4-11-6-7-12-8-10(3)13(5-2)14(12)9-11/h6-7,9H,4-5,8H2,1-3H3. The maximum absolute atomic E-state index is 2.38. The van der Waals surface area contributed by atoms with Crippen LogP contribution in [0.25, 0.3) is 5.57 Å². The first kappa shape index (κ1) is 9.51. The summed E-state index contributed by atoms with van der Waals surface area (Å²) in [5.74, 6) is 0. The maximum Gasteiger partial charge on any atom is -0.00578 e. The zero-order chi connectivity index (χ0) is 10.1. The minimum Gasteiger partial charge on any atom is -0.0651 e. The molecule has 1 aliphatic rings. The quantitative estimate of drug-likeness (QED) is 0.655. The molecule has 0 heteroatoms. The van der Waals surface area contributed by atoms with Crippen LogP contribution < -0.4 is 0 Å². The Morgan fingerprint density at radius 3 is 2.57 bits per heavy atom. The van der Waals surface area contributed by atoms with E-state index in [0.29, 0.717) is 0 Å². The number of hydrogen-bond acceptors (Lipinski definition) is 0. The van der Waals surface area contributed by atoms with Gasteiger partial charge >= 0.3 is 0 Å². The van der Waals surface area contributed by atoms with Gasteiger partial charge in [-0.15, -0.1) is 0 Å². The number of allylic oxidation sites excluding steroid dienone is 2. The van der Waals surface area contributed by atoms with E-state index in [9.17, 15) is 0 Å². The molecule has 0 amide bonds. The number of hydrogen-bond donors (Lipinski definition) is 0. The van der Waals surface area contributed by atoms with Crippen LogP contribution >= 0.6 is 0 Å². The van der Waals surface area contributed by atoms with Crippen molar-refractivity contribution < 1.29 is 0 Å². The second-order valence-electron chi connectivity index (χ2n) is 4.13. The van der Waals surface area contributed by atoms with E-state index in [2.05, 4.69) is 39.0 Å². The third kappa shape index (κ3) is 1.39. The van der Waals surface area contributed by atoms with E-state index in [1.165, 1.54) is 29.5 Å². The highest BCUT2D eigenvalue weighted by atomic mass is 14.2. The van der Waals surface area contributed by atoms with Crippen LogP contribution in [0.2, 0.25) is 0 Å². The average Bonchev–Trinajstić information content (AvgIpc) is 2.52. The van der Waals surface area contributed by atoms with E-state index in [4.69, 9.17) is 0 Å². The number of aryl methyl sites for hydroxylation is 1. The fraction of sp³-hybridized carbons (Fsp3) is 0.429. The van der Waals surface area contributed by atoms with Crippen molar-refractivity contribution in [2.24, 2.45) is 0 Å². The number of fused-ring (bicyclic) bond motifs is 1. The van der Waals surface area contributed by atoms with Gasteiger partial charge in [-0.3, -0.25) is 0 Å². The summed E-state index contributed by atoms with van der Waals surface area (Å²) in [7, 11) is 0. The molecule has 74 valence electrons. The van der Waals surface area contributed by atoms with Crippen molar-refractivity contribution in [3.05, 3.63) is 40.5 Å². The van der Waals surface area contributed by atoms with Crippen LogP contribution in [0.15, 0.2) is 23.8 Å². The summed E-state index contributed by atoms with van der Waals surface area (Å²) in [6.07, 6.45) is 3.48. The fourth-order valence-corrected chi connectivity index (χ4v) is 2.39. The molecule has 0 heterocycles. The number of benzene rings is 1. The highest BCUT2D eigenvalue weighted by Crippen LogP contribution is 2.35. The first-order valence-electron chi connectivity index (χ1n) is 5.57. The monoisotopic (exact) mass is 186 g/mol. The molecule has 1 aromatic carbocycles. The van der Waals surface area contributed by atoms with E-state index >= 15 is 0 Å². The molecule has 0 radical (unpaired) electrons. The summed E-state index contributed by atoms with van der Waals surface area (Å²) in [6, 6.07) is 6.95. The lowest BCUT2D eigenvalue weighted by molar-refractivity contribution is 1.12. The van der Waals surface area contributed by atoms with E-state index in [1.807, 2.05) is 0 Å². The van der Waals surface area contributed by atoms with Crippen LogP contribution in [0.1, 0.15) is 43.9 Å². The predicted molar refractivity (Wildman–Crippen MR) is 62.4 cm³/mol. The van der Waals surface area contributed by atoms with Gasteiger partial charge in [0.2, 0.25) is 0 Å². The van der Waals surface area contributed by atoms with Crippen molar-refractivity contribution in [1.82, 2.24) is 0 Å². The van der Waals surface area contributed by atoms with Gasteiger partial charge in [-0.05, 0) is 48.4 Å². The molecule has 0 atom stereocenters. The molecule has 0 N–H and O–H groups in total. The fourth-order valence-electron chi connectivity index (χ4n) is 2.39. The van der Waals surface area contributed by atoms with Crippen LogP contribution in [-0.4, -0.2) is 0 Å². The second-order valence-corrected chi connectivity index (χ2v) is 4.13. The topological polar surface area (TPSA) is 0 Å². The summed E-state index contributed by atoms with van der Waals surface area (Å²) in [6.45, 7) is 6.75. The van der Waals surface area contributed by atoms with Crippen molar-refractivity contribution in [2.45, 2.75) is 40.0 Å². The Labute approximate surface area is 86.7 Å². The summed E-state index contributed by atoms with van der Waals surface area (Å²) in [5.41, 5.74) is 7.65.